The molecule has 6 heteroatoms. The summed E-state index contributed by atoms with van der Waals surface area (Å²) in [6.07, 6.45) is 2.51. The average molecular weight is 321 g/mol. The van der Waals surface area contributed by atoms with Crippen LogP contribution in [0, 0.1) is 0 Å². The van der Waals surface area contributed by atoms with Crippen LogP contribution in [0.15, 0.2) is 18.2 Å². The molecule has 1 aliphatic rings. The predicted molar refractivity (Wildman–Crippen MR) is 90.2 cm³/mol. The van der Waals surface area contributed by atoms with E-state index in [2.05, 4.69) is 4.90 Å². The lowest BCUT2D eigenvalue weighted by molar-refractivity contribution is 0.0778. The van der Waals surface area contributed by atoms with Gasteiger partial charge in [0.25, 0.3) is 5.91 Å². The number of carbonyl (C=O) groups is 1. The third-order valence-corrected chi connectivity index (χ3v) is 4.09. The van der Waals surface area contributed by atoms with Crippen molar-refractivity contribution in [2.75, 3.05) is 53.5 Å². The minimum atomic E-state index is -0.0427. The number of methoxy groups -OCH3 is 1. The molecule has 0 unspecified atom stereocenters. The molecule has 2 N–H and O–H groups in total. The lowest BCUT2D eigenvalue weighted by Gasteiger charge is -2.22. The summed E-state index contributed by atoms with van der Waals surface area (Å²) in [6, 6.07) is 5.26. The number of nitrogens with zero attached hydrogens (tertiary/aromatic N) is 2. The van der Waals surface area contributed by atoms with Gasteiger partial charge in [-0.25, -0.2) is 0 Å². The Morgan fingerprint density at radius 3 is 2.74 bits per heavy atom. The molecular formula is C17H27N3O3. The summed E-state index contributed by atoms with van der Waals surface area (Å²) in [5, 5.41) is 0. The Morgan fingerprint density at radius 1 is 1.35 bits per heavy atom. The smallest absolute Gasteiger partial charge is 0.257 e. The van der Waals surface area contributed by atoms with Crippen molar-refractivity contribution in [2.45, 2.75) is 12.8 Å². The number of rotatable bonds is 8. The van der Waals surface area contributed by atoms with Crippen molar-refractivity contribution >= 4 is 5.91 Å². The van der Waals surface area contributed by atoms with E-state index >= 15 is 0 Å². The number of nitrogens with two attached hydrogens (primary N) is 1. The normalized spacial score (nSPS) is 14.7. The van der Waals surface area contributed by atoms with Crippen LogP contribution in [-0.2, 0) is 0 Å². The molecule has 0 radical (unpaired) electrons. The number of likely N-dealkylation sites (tertiary alicyclic amines) is 1. The average Bonchev–Trinajstić information content (AvgIpc) is 3.10. The standard InChI is InChI=1S/C17H27N3O3/c1-19(10-11-20-8-3-4-9-20)17(21)15-6-5-14(22-2)13-16(15)23-12-7-18/h5-6,13H,3-4,7-12,18H2,1-2H3. The number of likely N-dealkylation sites (N-methyl/N-ethyl adjacent to an activating group) is 1. The molecule has 1 saturated heterocycles. The summed E-state index contributed by atoms with van der Waals surface area (Å²) in [4.78, 5) is 16.8. The van der Waals surface area contributed by atoms with Gasteiger partial charge in [0, 0.05) is 32.7 Å². The van der Waals surface area contributed by atoms with Crippen LogP contribution in [0.25, 0.3) is 0 Å². The topological polar surface area (TPSA) is 68.0 Å². The summed E-state index contributed by atoms with van der Waals surface area (Å²) < 4.78 is 10.8. The van der Waals surface area contributed by atoms with Crippen LogP contribution >= 0.6 is 0 Å². The van der Waals surface area contributed by atoms with E-state index in [0.29, 0.717) is 36.8 Å². The SMILES string of the molecule is COc1ccc(C(=O)N(C)CCN2CCCC2)c(OCCN)c1. The van der Waals surface area contributed by atoms with Crippen molar-refractivity contribution in [2.24, 2.45) is 5.73 Å². The molecule has 0 atom stereocenters. The van der Waals surface area contributed by atoms with Gasteiger partial charge in [-0.2, -0.15) is 0 Å². The van der Waals surface area contributed by atoms with Crippen molar-refractivity contribution < 1.29 is 14.3 Å². The molecule has 0 spiro atoms. The second kappa shape index (κ2) is 8.74. The maximum Gasteiger partial charge on any atom is 0.257 e. The van der Waals surface area contributed by atoms with E-state index in [9.17, 15) is 4.79 Å². The third kappa shape index (κ3) is 4.84. The Morgan fingerprint density at radius 2 is 2.09 bits per heavy atom. The van der Waals surface area contributed by atoms with Crippen LogP contribution in [0.2, 0.25) is 0 Å². The first-order chi connectivity index (χ1) is 11.2. The molecule has 2 rings (SSSR count). The number of carbonyl (C=O) groups excluding carboxylic acids is 1. The maximum atomic E-state index is 12.7. The first kappa shape index (κ1) is 17.6. The van der Waals surface area contributed by atoms with Crippen molar-refractivity contribution in [3.63, 3.8) is 0 Å². The summed E-state index contributed by atoms with van der Waals surface area (Å²) in [6.45, 7) is 4.66. The van der Waals surface area contributed by atoms with E-state index in [4.69, 9.17) is 15.2 Å². The zero-order valence-corrected chi connectivity index (χ0v) is 14.1. The zero-order chi connectivity index (χ0) is 16.7. The Kier molecular flexibility index (Phi) is 6.67. The highest BCUT2D eigenvalue weighted by Gasteiger charge is 2.19. The van der Waals surface area contributed by atoms with Gasteiger partial charge >= 0.3 is 0 Å². The number of benzene rings is 1. The van der Waals surface area contributed by atoms with Gasteiger partial charge in [0.05, 0.1) is 12.7 Å². The molecule has 23 heavy (non-hydrogen) atoms. The van der Waals surface area contributed by atoms with Gasteiger partial charge in [0.15, 0.2) is 0 Å². The molecule has 1 aliphatic heterocycles. The highest BCUT2D eigenvalue weighted by molar-refractivity contribution is 5.97. The van der Waals surface area contributed by atoms with Gasteiger partial charge in [-0.1, -0.05) is 0 Å². The van der Waals surface area contributed by atoms with Crippen LogP contribution < -0.4 is 15.2 Å². The number of amides is 1. The molecular weight excluding hydrogens is 294 g/mol. The van der Waals surface area contributed by atoms with Crippen LogP contribution in [0.3, 0.4) is 0 Å². The van der Waals surface area contributed by atoms with Crippen molar-refractivity contribution in [1.82, 2.24) is 9.80 Å². The molecule has 1 fully saturated rings. The molecule has 128 valence electrons. The quantitative estimate of drug-likeness (QED) is 0.779. The molecule has 0 saturated carbocycles. The highest BCUT2D eigenvalue weighted by Crippen LogP contribution is 2.26. The van der Waals surface area contributed by atoms with Crippen molar-refractivity contribution in [3.05, 3.63) is 23.8 Å². The fourth-order valence-electron chi connectivity index (χ4n) is 2.70. The Bertz CT molecular complexity index is 516. The van der Waals surface area contributed by atoms with Gasteiger partial charge in [-0.05, 0) is 38.1 Å². The summed E-state index contributed by atoms with van der Waals surface area (Å²) >= 11 is 0. The van der Waals surface area contributed by atoms with Crippen LogP contribution in [0.5, 0.6) is 11.5 Å². The second-order valence-corrected chi connectivity index (χ2v) is 5.77. The van der Waals surface area contributed by atoms with E-state index in [-0.39, 0.29) is 5.91 Å². The van der Waals surface area contributed by atoms with Crippen LogP contribution in [0.1, 0.15) is 23.2 Å². The summed E-state index contributed by atoms with van der Waals surface area (Å²) in [7, 11) is 3.42. The molecule has 1 aromatic carbocycles. The molecule has 6 nitrogen and oxygen atoms in total. The highest BCUT2D eigenvalue weighted by atomic mass is 16.5. The lowest BCUT2D eigenvalue weighted by atomic mass is 10.1. The molecule has 1 amide bonds. The predicted octanol–water partition coefficient (Wildman–Crippen LogP) is 1.20. The number of ether oxygens (including phenoxy) is 2. The molecule has 0 bridgehead atoms. The van der Waals surface area contributed by atoms with E-state index in [1.807, 2.05) is 7.05 Å². The van der Waals surface area contributed by atoms with Crippen LogP contribution in [0.4, 0.5) is 0 Å². The van der Waals surface area contributed by atoms with E-state index in [1.165, 1.54) is 12.8 Å². The lowest BCUT2D eigenvalue weighted by Crippen LogP contribution is -2.35. The van der Waals surface area contributed by atoms with E-state index in [0.717, 1.165) is 19.6 Å². The van der Waals surface area contributed by atoms with E-state index < -0.39 is 0 Å². The minimum absolute atomic E-state index is 0.0427. The van der Waals surface area contributed by atoms with E-state index in [1.54, 1.807) is 30.2 Å². The minimum Gasteiger partial charge on any atom is -0.497 e. The van der Waals surface area contributed by atoms with Crippen molar-refractivity contribution in [3.8, 4) is 11.5 Å². The Labute approximate surface area is 138 Å². The maximum absolute atomic E-state index is 12.7. The Hall–Kier alpha value is -1.79. The first-order valence-corrected chi connectivity index (χ1v) is 8.14. The largest absolute Gasteiger partial charge is 0.497 e. The molecule has 1 aromatic rings. The van der Waals surface area contributed by atoms with Gasteiger partial charge in [-0.15, -0.1) is 0 Å². The van der Waals surface area contributed by atoms with Crippen LogP contribution in [-0.4, -0.2) is 69.2 Å². The molecule has 1 heterocycles. The fourth-order valence-corrected chi connectivity index (χ4v) is 2.70. The van der Waals surface area contributed by atoms with Gasteiger partial charge in [0.1, 0.15) is 18.1 Å². The number of hydrogen-bond acceptors (Lipinski definition) is 5. The third-order valence-electron chi connectivity index (χ3n) is 4.09. The first-order valence-electron chi connectivity index (χ1n) is 8.14. The zero-order valence-electron chi connectivity index (χ0n) is 14.1. The Balaban J connectivity index is 2.03. The number of hydrogen-bond donors (Lipinski definition) is 1. The summed E-state index contributed by atoms with van der Waals surface area (Å²) in [5.74, 6) is 1.14. The van der Waals surface area contributed by atoms with Gasteiger partial charge < -0.3 is 25.0 Å². The summed E-state index contributed by atoms with van der Waals surface area (Å²) in [5.41, 5.74) is 6.04. The van der Waals surface area contributed by atoms with Crippen molar-refractivity contribution in [1.29, 1.82) is 0 Å². The van der Waals surface area contributed by atoms with Gasteiger partial charge in [0.2, 0.25) is 0 Å². The van der Waals surface area contributed by atoms with Gasteiger partial charge in [-0.3, -0.25) is 4.79 Å². The second-order valence-electron chi connectivity index (χ2n) is 5.77. The fraction of sp³-hybridized carbons (Fsp3) is 0.588. The monoisotopic (exact) mass is 321 g/mol. The molecule has 0 aliphatic carbocycles. The molecule has 0 aromatic heterocycles.